The maximum atomic E-state index is 5.90. The van der Waals surface area contributed by atoms with E-state index in [4.69, 9.17) is 11.6 Å². The van der Waals surface area contributed by atoms with Crippen molar-refractivity contribution in [3.8, 4) is 0 Å². The van der Waals surface area contributed by atoms with E-state index in [1.165, 1.54) is 0 Å². The average Bonchev–Trinajstić information content (AvgIpc) is 2.61. The minimum Gasteiger partial charge on any atom is -0.293 e. The molecule has 0 aliphatic heterocycles. The van der Waals surface area contributed by atoms with E-state index in [-0.39, 0.29) is 0 Å². The zero-order valence-electron chi connectivity index (χ0n) is 6.81. The van der Waals surface area contributed by atoms with Crippen LogP contribution in [0, 0.1) is 0 Å². The van der Waals surface area contributed by atoms with Gasteiger partial charge < -0.3 is 0 Å². The number of hydrogen-bond donors (Lipinski definition) is 1. The first-order valence-electron chi connectivity index (χ1n) is 3.86. The number of hydrogen-bond acceptors (Lipinski definition) is 2. The number of aromatic nitrogens is 2. The Labute approximate surface area is 81.0 Å². The molecule has 0 aromatic carbocycles. The van der Waals surface area contributed by atoms with Gasteiger partial charge in [0.25, 0.3) is 0 Å². The lowest BCUT2D eigenvalue weighted by molar-refractivity contribution is 0.969. The average molecular weight is 194 g/mol. The van der Waals surface area contributed by atoms with Crippen molar-refractivity contribution in [3.63, 3.8) is 0 Å². The van der Waals surface area contributed by atoms with Gasteiger partial charge in [-0.2, -0.15) is 0 Å². The fraction of sp³-hybridized carbons (Fsp3) is 0. The van der Waals surface area contributed by atoms with Crippen LogP contribution in [0.25, 0.3) is 0 Å². The Kier molecular flexibility index (Phi) is 2.19. The van der Waals surface area contributed by atoms with Gasteiger partial charge in [0.1, 0.15) is 0 Å². The Morgan fingerprint density at radius 2 is 2.08 bits per heavy atom. The Morgan fingerprint density at radius 3 is 2.77 bits per heavy atom. The first-order chi connectivity index (χ1) is 6.36. The highest BCUT2D eigenvalue weighted by molar-refractivity contribution is 6.33. The predicted molar refractivity (Wildman–Crippen MR) is 52.7 cm³/mol. The standard InChI is InChI=1S/C9H8ClN3/c10-8-7-11-4-3-9(8)12-13-5-1-2-6-13/h1-7H,(H,11,12). The summed E-state index contributed by atoms with van der Waals surface area (Å²) in [7, 11) is 0. The van der Waals surface area contributed by atoms with Gasteiger partial charge in [-0.1, -0.05) is 11.6 Å². The zero-order chi connectivity index (χ0) is 9.10. The van der Waals surface area contributed by atoms with Crippen LogP contribution in [0.2, 0.25) is 5.02 Å². The second-order valence-electron chi connectivity index (χ2n) is 2.56. The molecule has 0 radical (unpaired) electrons. The van der Waals surface area contributed by atoms with Gasteiger partial charge in [0.15, 0.2) is 0 Å². The molecule has 3 nitrogen and oxygen atoms in total. The van der Waals surface area contributed by atoms with Gasteiger partial charge in [0.05, 0.1) is 10.7 Å². The van der Waals surface area contributed by atoms with E-state index in [9.17, 15) is 0 Å². The Balaban J connectivity index is 2.24. The molecule has 66 valence electrons. The van der Waals surface area contributed by atoms with Crippen molar-refractivity contribution in [2.24, 2.45) is 0 Å². The third-order valence-corrected chi connectivity index (χ3v) is 1.93. The number of pyridine rings is 1. The second-order valence-corrected chi connectivity index (χ2v) is 2.96. The van der Waals surface area contributed by atoms with Crippen molar-refractivity contribution in [2.45, 2.75) is 0 Å². The molecule has 0 saturated carbocycles. The van der Waals surface area contributed by atoms with E-state index >= 15 is 0 Å². The van der Waals surface area contributed by atoms with Crippen molar-refractivity contribution in [1.29, 1.82) is 0 Å². The van der Waals surface area contributed by atoms with Gasteiger partial charge in [0.2, 0.25) is 0 Å². The molecule has 0 fully saturated rings. The van der Waals surface area contributed by atoms with E-state index in [0.29, 0.717) is 5.02 Å². The molecule has 2 rings (SSSR count). The molecular formula is C9H8ClN3. The van der Waals surface area contributed by atoms with Crippen LogP contribution in [0.15, 0.2) is 43.0 Å². The van der Waals surface area contributed by atoms with E-state index in [1.54, 1.807) is 12.4 Å². The highest BCUT2D eigenvalue weighted by Crippen LogP contribution is 2.18. The second kappa shape index (κ2) is 3.49. The number of halogens is 1. The summed E-state index contributed by atoms with van der Waals surface area (Å²) in [4.78, 5) is 3.89. The first-order valence-corrected chi connectivity index (χ1v) is 4.23. The lowest BCUT2D eigenvalue weighted by atomic mass is 10.4. The normalized spacial score (nSPS) is 9.92. The molecule has 0 amide bonds. The monoisotopic (exact) mass is 193 g/mol. The topological polar surface area (TPSA) is 29.9 Å². The van der Waals surface area contributed by atoms with Crippen molar-refractivity contribution in [3.05, 3.63) is 48.0 Å². The van der Waals surface area contributed by atoms with Gasteiger partial charge in [-0.15, -0.1) is 0 Å². The third kappa shape index (κ3) is 1.81. The molecule has 1 N–H and O–H groups in total. The van der Waals surface area contributed by atoms with Crippen LogP contribution >= 0.6 is 11.6 Å². The Morgan fingerprint density at radius 1 is 1.31 bits per heavy atom. The molecule has 0 saturated heterocycles. The van der Waals surface area contributed by atoms with Crippen LogP contribution in [0.4, 0.5) is 5.69 Å². The molecule has 0 atom stereocenters. The maximum absolute atomic E-state index is 5.90. The molecular weight excluding hydrogens is 186 g/mol. The Hall–Kier alpha value is -1.48. The van der Waals surface area contributed by atoms with E-state index in [2.05, 4.69) is 10.4 Å². The van der Waals surface area contributed by atoms with Gasteiger partial charge in [-0.05, 0) is 18.2 Å². The van der Waals surface area contributed by atoms with E-state index in [0.717, 1.165) is 5.69 Å². The van der Waals surface area contributed by atoms with Crippen molar-refractivity contribution in [1.82, 2.24) is 9.66 Å². The highest BCUT2D eigenvalue weighted by atomic mass is 35.5. The fourth-order valence-electron chi connectivity index (χ4n) is 1.01. The summed E-state index contributed by atoms with van der Waals surface area (Å²) >= 11 is 5.90. The van der Waals surface area contributed by atoms with Crippen molar-refractivity contribution in [2.75, 3.05) is 5.43 Å². The third-order valence-electron chi connectivity index (χ3n) is 1.63. The van der Waals surface area contributed by atoms with E-state index in [1.807, 2.05) is 35.3 Å². The molecule has 13 heavy (non-hydrogen) atoms. The number of nitrogens with one attached hydrogen (secondary N) is 1. The molecule has 0 aliphatic carbocycles. The summed E-state index contributed by atoms with van der Waals surface area (Å²) < 4.78 is 1.82. The molecule has 2 aromatic heterocycles. The fourth-order valence-corrected chi connectivity index (χ4v) is 1.18. The van der Waals surface area contributed by atoms with Crippen molar-refractivity contribution >= 4 is 17.3 Å². The lowest BCUT2D eigenvalue weighted by Gasteiger charge is -2.07. The van der Waals surface area contributed by atoms with Gasteiger partial charge >= 0.3 is 0 Å². The maximum Gasteiger partial charge on any atom is 0.0838 e. The molecule has 0 spiro atoms. The molecule has 2 heterocycles. The zero-order valence-corrected chi connectivity index (χ0v) is 7.57. The first kappa shape index (κ1) is 8.13. The molecule has 0 unspecified atom stereocenters. The van der Waals surface area contributed by atoms with Crippen LogP contribution in [0.1, 0.15) is 0 Å². The lowest BCUT2D eigenvalue weighted by Crippen LogP contribution is -2.05. The SMILES string of the molecule is Clc1cnccc1Nn1cccc1. The highest BCUT2D eigenvalue weighted by Gasteiger charge is 1.97. The van der Waals surface area contributed by atoms with Gasteiger partial charge in [0, 0.05) is 24.8 Å². The van der Waals surface area contributed by atoms with Crippen LogP contribution in [-0.4, -0.2) is 9.66 Å². The van der Waals surface area contributed by atoms with Crippen LogP contribution < -0.4 is 5.43 Å². The van der Waals surface area contributed by atoms with Crippen LogP contribution in [-0.2, 0) is 0 Å². The molecule has 2 aromatic rings. The summed E-state index contributed by atoms with van der Waals surface area (Å²) in [5.74, 6) is 0. The van der Waals surface area contributed by atoms with Gasteiger partial charge in [-0.3, -0.25) is 15.1 Å². The molecule has 0 bridgehead atoms. The summed E-state index contributed by atoms with van der Waals surface area (Å²) in [6.07, 6.45) is 7.10. The number of anilines is 1. The summed E-state index contributed by atoms with van der Waals surface area (Å²) in [5, 5.41) is 0.608. The molecule has 4 heteroatoms. The molecule has 0 aliphatic rings. The largest absolute Gasteiger partial charge is 0.293 e. The Bertz CT molecular complexity index is 384. The van der Waals surface area contributed by atoms with Crippen molar-refractivity contribution < 1.29 is 0 Å². The van der Waals surface area contributed by atoms with Gasteiger partial charge in [-0.25, -0.2) is 0 Å². The summed E-state index contributed by atoms with van der Waals surface area (Å²) in [6, 6.07) is 5.69. The minimum absolute atomic E-state index is 0.608. The number of rotatable bonds is 2. The van der Waals surface area contributed by atoms with Crippen LogP contribution in [0.3, 0.4) is 0 Å². The van der Waals surface area contributed by atoms with Crippen LogP contribution in [0.5, 0.6) is 0 Å². The minimum atomic E-state index is 0.608. The summed E-state index contributed by atoms with van der Waals surface area (Å²) in [6.45, 7) is 0. The summed E-state index contributed by atoms with van der Waals surface area (Å²) in [5.41, 5.74) is 3.94. The predicted octanol–water partition coefficient (Wildman–Crippen LogP) is 2.41. The number of nitrogens with zero attached hydrogens (tertiary/aromatic N) is 2. The quantitative estimate of drug-likeness (QED) is 0.794. The van der Waals surface area contributed by atoms with E-state index < -0.39 is 0 Å². The smallest absolute Gasteiger partial charge is 0.0838 e.